The highest BCUT2D eigenvalue weighted by Gasteiger charge is 2.25. The number of aromatic amines is 1. The summed E-state index contributed by atoms with van der Waals surface area (Å²) in [4.78, 5) is 14.7. The van der Waals surface area contributed by atoms with Gasteiger partial charge in [-0.25, -0.2) is 5.10 Å². The van der Waals surface area contributed by atoms with E-state index < -0.39 is 12.0 Å². The minimum Gasteiger partial charge on any atom is -0.480 e. The number of nitrogen functional groups attached to an aromatic ring is 1. The molecule has 1 fully saturated rings. The van der Waals surface area contributed by atoms with Gasteiger partial charge in [-0.05, 0) is 38.0 Å². The molecule has 1 aliphatic rings. The van der Waals surface area contributed by atoms with E-state index in [1.165, 1.54) is 0 Å². The van der Waals surface area contributed by atoms with Crippen molar-refractivity contribution in [3.8, 4) is 0 Å². The number of carboxylic acids is 1. The monoisotopic (exact) mass is 268 g/mol. The van der Waals surface area contributed by atoms with Gasteiger partial charge in [0, 0.05) is 6.04 Å². The van der Waals surface area contributed by atoms with Crippen molar-refractivity contribution in [2.75, 3.05) is 11.1 Å². The Hall–Kier alpha value is -1.83. The number of nitrogens with zero attached hydrogens (tertiary/aromatic N) is 2. The molecule has 1 unspecified atom stereocenters. The molecule has 0 bridgehead atoms. The van der Waals surface area contributed by atoms with Gasteiger partial charge >= 0.3 is 5.97 Å². The van der Waals surface area contributed by atoms with Gasteiger partial charge in [-0.1, -0.05) is 0 Å². The number of anilines is 2. The smallest absolute Gasteiger partial charge is 0.320 e. The molecule has 8 nitrogen and oxygen atoms in total. The molecular weight excluding hydrogens is 248 g/mol. The lowest BCUT2D eigenvalue weighted by Crippen LogP contribution is -2.35. The van der Waals surface area contributed by atoms with Gasteiger partial charge in [0.15, 0.2) is 0 Å². The maximum absolute atomic E-state index is 10.7. The number of nitrogens with one attached hydrogen (secondary N) is 2. The zero-order chi connectivity index (χ0) is 13.8. The molecule has 0 aromatic carbocycles. The molecule has 7 N–H and O–H groups in total. The van der Waals surface area contributed by atoms with E-state index in [0.717, 1.165) is 25.7 Å². The molecule has 0 aliphatic heterocycles. The molecule has 1 atom stereocenters. The van der Waals surface area contributed by atoms with Crippen LogP contribution in [0.4, 0.5) is 11.9 Å². The van der Waals surface area contributed by atoms with E-state index in [9.17, 15) is 4.79 Å². The van der Waals surface area contributed by atoms with Crippen LogP contribution < -0.4 is 16.8 Å². The van der Waals surface area contributed by atoms with Gasteiger partial charge < -0.3 is 21.9 Å². The van der Waals surface area contributed by atoms with E-state index in [-0.39, 0.29) is 0 Å². The number of rotatable bonds is 5. The topological polar surface area (TPSA) is 143 Å². The lowest BCUT2D eigenvalue weighted by molar-refractivity contribution is -0.139. The number of aromatic nitrogens is 3. The highest BCUT2D eigenvalue weighted by molar-refractivity contribution is 5.73. The van der Waals surface area contributed by atoms with Crippen molar-refractivity contribution in [2.24, 2.45) is 11.7 Å². The molecule has 2 rings (SSSR count). The second-order valence-electron chi connectivity index (χ2n) is 5.09. The van der Waals surface area contributed by atoms with Crippen LogP contribution in [-0.4, -0.2) is 38.3 Å². The fourth-order valence-corrected chi connectivity index (χ4v) is 2.52. The number of carboxylic acid groups (broad SMARTS) is 1. The van der Waals surface area contributed by atoms with Gasteiger partial charge in [-0.15, -0.1) is 5.10 Å². The third-order valence-electron chi connectivity index (χ3n) is 3.59. The highest BCUT2D eigenvalue weighted by Crippen LogP contribution is 2.28. The molecule has 1 saturated carbocycles. The standard InChI is InChI=1S/C11H20N6O2/c12-8(9(18)19)5-6-1-3-7(4-2-6)14-11-15-10(13)16-17-11/h6-8H,1-5,12H2,(H,18,19)(H4,13,14,15,16,17). The van der Waals surface area contributed by atoms with Gasteiger partial charge in [-0.2, -0.15) is 4.98 Å². The van der Waals surface area contributed by atoms with Crippen LogP contribution in [0.1, 0.15) is 32.1 Å². The molecule has 0 radical (unpaired) electrons. The average molecular weight is 268 g/mol. The lowest BCUT2D eigenvalue weighted by Gasteiger charge is -2.29. The predicted molar refractivity (Wildman–Crippen MR) is 70.4 cm³/mol. The summed E-state index contributed by atoms with van der Waals surface area (Å²) >= 11 is 0. The molecule has 0 amide bonds. The molecule has 1 aromatic heterocycles. The van der Waals surface area contributed by atoms with E-state index in [0.29, 0.717) is 30.3 Å². The summed E-state index contributed by atoms with van der Waals surface area (Å²) in [5.74, 6) is 0.282. The minimum absolute atomic E-state index is 0.295. The Bertz CT molecular complexity index is 427. The van der Waals surface area contributed by atoms with Crippen molar-refractivity contribution in [2.45, 2.75) is 44.2 Å². The van der Waals surface area contributed by atoms with Crippen LogP contribution in [0, 0.1) is 5.92 Å². The van der Waals surface area contributed by atoms with Crippen LogP contribution in [0.15, 0.2) is 0 Å². The van der Waals surface area contributed by atoms with Crippen LogP contribution in [0.5, 0.6) is 0 Å². The van der Waals surface area contributed by atoms with Crippen molar-refractivity contribution in [3.63, 3.8) is 0 Å². The minimum atomic E-state index is -0.920. The molecule has 1 heterocycles. The fraction of sp³-hybridized carbons (Fsp3) is 0.727. The Morgan fingerprint density at radius 3 is 2.68 bits per heavy atom. The molecule has 0 spiro atoms. The summed E-state index contributed by atoms with van der Waals surface area (Å²) in [6.45, 7) is 0. The van der Waals surface area contributed by atoms with Crippen molar-refractivity contribution in [3.05, 3.63) is 0 Å². The second-order valence-corrected chi connectivity index (χ2v) is 5.09. The molecular formula is C11H20N6O2. The third-order valence-corrected chi connectivity index (χ3v) is 3.59. The summed E-state index contributed by atoms with van der Waals surface area (Å²) in [5, 5.41) is 18.5. The fourth-order valence-electron chi connectivity index (χ4n) is 2.52. The van der Waals surface area contributed by atoms with Gasteiger partial charge in [0.05, 0.1) is 0 Å². The Balaban J connectivity index is 1.74. The molecule has 1 aromatic rings. The first kappa shape index (κ1) is 13.6. The average Bonchev–Trinajstić information content (AvgIpc) is 2.77. The maximum Gasteiger partial charge on any atom is 0.320 e. The van der Waals surface area contributed by atoms with Crippen LogP contribution in [0.2, 0.25) is 0 Å². The SMILES string of the molecule is Nc1nc(NC2CCC(CC(N)C(=O)O)CC2)n[nH]1. The largest absolute Gasteiger partial charge is 0.480 e. The van der Waals surface area contributed by atoms with E-state index in [4.69, 9.17) is 16.6 Å². The number of carbonyl (C=O) groups is 1. The van der Waals surface area contributed by atoms with E-state index in [1.807, 2.05) is 0 Å². The van der Waals surface area contributed by atoms with Crippen molar-refractivity contribution in [1.82, 2.24) is 15.2 Å². The van der Waals surface area contributed by atoms with Crippen LogP contribution >= 0.6 is 0 Å². The predicted octanol–water partition coefficient (Wildman–Crippen LogP) is 0.160. The first-order chi connectivity index (χ1) is 9.04. The first-order valence-corrected chi connectivity index (χ1v) is 6.47. The third kappa shape index (κ3) is 3.82. The van der Waals surface area contributed by atoms with Gasteiger partial charge in [0.25, 0.3) is 0 Å². The normalized spacial score (nSPS) is 24.9. The number of hydrogen-bond donors (Lipinski definition) is 5. The summed E-state index contributed by atoms with van der Waals surface area (Å²) in [6, 6.07) is -0.435. The van der Waals surface area contributed by atoms with Crippen LogP contribution in [0.3, 0.4) is 0 Å². The maximum atomic E-state index is 10.7. The van der Waals surface area contributed by atoms with Gasteiger partial charge in [0.2, 0.25) is 11.9 Å². The van der Waals surface area contributed by atoms with E-state index in [1.54, 1.807) is 0 Å². The molecule has 1 aliphatic carbocycles. The molecule has 106 valence electrons. The van der Waals surface area contributed by atoms with Crippen molar-refractivity contribution < 1.29 is 9.90 Å². The highest BCUT2D eigenvalue weighted by atomic mass is 16.4. The second kappa shape index (κ2) is 5.87. The Morgan fingerprint density at radius 2 is 2.16 bits per heavy atom. The summed E-state index contributed by atoms with van der Waals surface area (Å²) in [7, 11) is 0. The van der Waals surface area contributed by atoms with E-state index >= 15 is 0 Å². The quantitative estimate of drug-likeness (QED) is 0.511. The summed E-state index contributed by atoms with van der Waals surface area (Å²) < 4.78 is 0. The van der Waals surface area contributed by atoms with Gasteiger partial charge in [-0.3, -0.25) is 4.79 Å². The Kier molecular flexibility index (Phi) is 4.20. The zero-order valence-electron chi connectivity index (χ0n) is 10.7. The molecule has 8 heteroatoms. The summed E-state index contributed by atoms with van der Waals surface area (Å²) in [5.41, 5.74) is 11.0. The number of nitrogens with two attached hydrogens (primary N) is 2. The first-order valence-electron chi connectivity index (χ1n) is 6.47. The number of hydrogen-bond acceptors (Lipinski definition) is 6. The van der Waals surface area contributed by atoms with Crippen molar-refractivity contribution in [1.29, 1.82) is 0 Å². The summed E-state index contributed by atoms with van der Waals surface area (Å²) in [6.07, 6.45) is 4.42. The van der Waals surface area contributed by atoms with E-state index in [2.05, 4.69) is 20.5 Å². The van der Waals surface area contributed by atoms with Crippen LogP contribution in [-0.2, 0) is 4.79 Å². The van der Waals surface area contributed by atoms with Crippen molar-refractivity contribution >= 4 is 17.9 Å². The van der Waals surface area contributed by atoms with Gasteiger partial charge in [0.1, 0.15) is 6.04 Å². The Morgan fingerprint density at radius 1 is 1.47 bits per heavy atom. The molecule has 19 heavy (non-hydrogen) atoms. The van der Waals surface area contributed by atoms with Crippen LogP contribution in [0.25, 0.3) is 0 Å². The number of aliphatic carboxylic acids is 1. The molecule has 0 saturated heterocycles. The number of H-pyrrole nitrogens is 1. The zero-order valence-corrected chi connectivity index (χ0v) is 10.7. The lowest BCUT2D eigenvalue weighted by atomic mass is 9.82. The Labute approximate surface area is 111 Å².